The number of rotatable bonds is 4. The second-order valence-electron chi connectivity index (χ2n) is 4.70. The van der Waals surface area contributed by atoms with Crippen LogP contribution in [-0.4, -0.2) is 21.1 Å². The van der Waals surface area contributed by atoms with Gasteiger partial charge < -0.3 is 5.32 Å². The first kappa shape index (κ1) is 15.8. The van der Waals surface area contributed by atoms with Crippen molar-refractivity contribution in [3.05, 3.63) is 47.6 Å². The van der Waals surface area contributed by atoms with Crippen molar-refractivity contribution in [2.45, 2.75) is 17.2 Å². The third kappa shape index (κ3) is 3.48. The van der Waals surface area contributed by atoms with Crippen LogP contribution >= 0.6 is 23.1 Å². The van der Waals surface area contributed by atoms with E-state index in [-0.39, 0.29) is 11.6 Å². The highest BCUT2D eigenvalue weighted by molar-refractivity contribution is 8.00. The van der Waals surface area contributed by atoms with Crippen LogP contribution in [0.2, 0.25) is 0 Å². The zero-order valence-electron chi connectivity index (χ0n) is 11.9. The number of carbonyl (C=O) groups is 1. The maximum Gasteiger partial charge on any atom is 0.237 e. The Morgan fingerprint density at radius 3 is 2.87 bits per heavy atom. The minimum absolute atomic E-state index is 0.213. The third-order valence-corrected chi connectivity index (χ3v) is 5.01. The van der Waals surface area contributed by atoms with Gasteiger partial charge in [0.25, 0.3) is 0 Å². The van der Waals surface area contributed by atoms with Crippen LogP contribution in [0.3, 0.4) is 0 Å². The first-order chi connectivity index (χ1) is 11.0. The fourth-order valence-corrected chi connectivity index (χ4v) is 3.60. The highest BCUT2D eigenvalue weighted by Gasteiger charge is 2.18. The van der Waals surface area contributed by atoms with Crippen LogP contribution in [0.5, 0.6) is 0 Å². The van der Waals surface area contributed by atoms with Gasteiger partial charge >= 0.3 is 0 Å². The van der Waals surface area contributed by atoms with E-state index in [0.29, 0.717) is 5.03 Å². The van der Waals surface area contributed by atoms with E-state index in [9.17, 15) is 13.6 Å². The molecule has 2 heterocycles. The van der Waals surface area contributed by atoms with Crippen molar-refractivity contribution in [2.24, 2.45) is 0 Å². The molecule has 4 nitrogen and oxygen atoms in total. The van der Waals surface area contributed by atoms with Crippen LogP contribution in [0.1, 0.15) is 6.92 Å². The molecule has 0 spiro atoms. The molecule has 0 saturated heterocycles. The monoisotopic (exact) mass is 351 g/mol. The number of aromatic nitrogens is 2. The normalized spacial score (nSPS) is 12.3. The predicted octanol–water partition coefficient (Wildman–Crippen LogP) is 4.09. The Morgan fingerprint density at radius 1 is 1.26 bits per heavy atom. The molecule has 0 aliphatic heterocycles. The molecule has 3 aromatic rings. The Kier molecular flexibility index (Phi) is 4.53. The maximum atomic E-state index is 13.2. The van der Waals surface area contributed by atoms with E-state index in [0.717, 1.165) is 22.3 Å². The lowest BCUT2D eigenvalue weighted by Crippen LogP contribution is -2.22. The number of halogens is 2. The Hall–Kier alpha value is -2.06. The summed E-state index contributed by atoms with van der Waals surface area (Å²) in [6.07, 6.45) is 1.46. The van der Waals surface area contributed by atoms with Crippen molar-refractivity contribution in [1.29, 1.82) is 0 Å². The van der Waals surface area contributed by atoms with E-state index in [4.69, 9.17) is 0 Å². The quantitative estimate of drug-likeness (QED) is 0.568. The van der Waals surface area contributed by atoms with E-state index in [1.54, 1.807) is 6.92 Å². The van der Waals surface area contributed by atoms with Crippen LogP contribution < -0.4 is 5.32 Å². The molecule has 3 rings (SSSR count). The summed E-state index contributed by atoms with van der Waals surface area (Å²) in [6, 6.07) is 5.15. The number of thioether (sulfide) groups is 1. The van der Waals surface area contributed by atoms with Crippen molar-refractivity contribution < 1.29 is 13.6 Å². The van der Waals surface area contributed by atoms with E-state index >= 15 is 0 Å². The molecule has 0 radical (unpaired) electrons. The predicted molar refractivity (Wildman–Crippen MR) is 87.7 cm³/mol. The van der Waals surface area contributed by atoms with Gasteiger partial charge in [0.2, 0.25) is 5.91 Å². The summed E-state index contributed by atoms with van der Waals surface area (Å²) in [6.45, 7) is 1.72. The average Bonchev–Trinajstić information content (AvgIpc) is 3.00. The average molecular weight is 351 g/mol. The van der Waals surface area contributed by atoms with E-state index in [2.05, 4.69) is 15.3 Å². The summed E-state index contributed by atoms with van der Waals surface area (Å²) in [5, 5.41) is 5.63. The number of amides is 1. The maximum absolute atomic E-state index is 13.2. The van der Waals surface area contributed by atoms with Gasteiger partial charge in [-0.2, -0.15) is 0 Å². The molecule has 8 heteroatoms. The fraction of sp³-hybridized carbons (Fsp3) is 0.133. The Morgan fingerprint density at radius 2 is 2.09 bits per heavy atom. The molecule has 0 aliphatic rings. The molecule has 0 fully saturated rings. The summed E-state index contributed by atoms with van der Waals surface area (Å²) >= 11 is 2.79. The highest BCUT2D eigenvalue weighted by Crippen LogP contribution is 2.30. The van der Waals surface area contributed by atoms with Gasteiger partial charge in [0.1, 0.15) is 16.2 Å². The Bertz CT molecular complexity index is 869. The zero-order chi connectivity index (χ0) is 16.4. The summed E-state index contributed by atoms with van der Waals surface area (Å²) < 4.78 is 26.1. The topological polar surface area (TPSA) is 54.9 Å². The van der Waals surface area contributed by atoms with E-state index in [1.165, 1.54) is 35.5 Å². The summed E-state index contributed by atoms with van der Waals surface area (Å²) in [7, 11) is 0. The van der Waals surface area contributed by atoms with Crippen LogP contribution in [0.4, 0.5) is 14.5 Å². The molecule has 0 bridgehead atoms. The number of benzene rings is 1. The van der Waals surface area contributed by atoms with Crippen LogP contribution in [0, 0.1) is 11.6 Å². The second-order valence-corrected chi connectivity index (χ2v) is 6.92. The molecule has 1 N–H and O–H groups in total. The van der Waals surface area contributed by atoms with Crippen molar-refractivity contribution >= 4 is 44.9 Å². The number of hydrogen-bond donors (Lipinski definition) is 1. The summed E-state index contributed by atoms with van der Waals surface area (Å²) in [4.78, 5) is 21.4. The first-order valence-electron chi connectivity index (χ1n) is 6.65. The second kappa shape index (κ2) is 6.59. The zero-order valence-corrected chi connectivity index (χ0v) is 13.5. The molecule has 23 heavy (non-hydrogen) atoms. The number of carbonyl (C=O) groups excluding carboxylic acids is 1. The van der Waals surface area contributed by atoms with Gasteiger partial charge in [0.15, 0.2) is 11.6 Å². The molecule has 0 aliphatic carbocycles. The summed E-state index contributed by atoms with van der Waals surface area (Å²) in [5.74, 6) is -2.27. The number of nitrogens with one attached hydrogen (secondary N) is 1. The van der Waals surface area contributed by atoms with Gasteiger partial charge in [-0.3, -0.25) is 4.79 Å². The first-order valence-corrected chi connectivity index (χ1v) is 8.41. The largest absolute Gasteiger partial charge is 0.325 e. The van der Waals surface area contributed by atoms with Gasteiger partial charge in [-0.05, 0) is 30.5 Å². The molecular weight excluding hydrogens is 340 g/mol. The fourth-order valence-electron chi connectivity index (χ4n) is 1.90. The lowest BCUT2D eigenvalue weighted by atomic mass is 10.3. The number of hydrogen-bond acceptors (Lipinski definition) is 5. The minimum atomic E-state index is -1.00. The standard InChI is InChI=1S/C15H11F2N3OS2/c1-8(13(21)20-9-2-3-11(16)12(17)6-9)23-15-10-4-5-22-14(10)18-7-19-15/h2-8H,1H3,(H,20,21)/t8-/m1/s1. The van der Waals surface area contributed by atoms with Gasteiger partial charge in [-0.25, -0.2) is 18.7 Å². The molecule has 0 saturated carbocycles. The molecule has 1 atom stereocenters. The number of fused-ring (bicyclic) bond motifs is 1. The highest BCUT2D eigenvalue weighted by atomic mass is 32.2. The molecular formula is C15H11F2N3OS2. The SMILES string of the molecule is C[C@@H](Sc1ncnc2sccc12)C(=O)Nc1ccc(F)c(F)c1. The summed E-state index contributed by atoms with van der Waals surface area (Å²) in [5.41, 5.74) is 0.213. The molecule has 118 valence electrons. The smallest absolute Gasteiger partial charge is 0.237 e. The molecule has 1 aromatic carbocycles. The number of anilines is 1. The minimum Gasteiger partial charge on any atom is -0.325 e. The molecule has 2 aromatic heterocycles. The lowest BCUT2D eigenvalue weighted by molar-refractivity contribution is -0.115. The molecule has 1 amide bonds. The molecule has 0 unspecified atom stereocenters. The Balaban J connectivity index is 1.72. The van der Waals surface area contributed by atoms with Crippen molar-refractivity contribution in [2.75, 3.05) is 5.32 Å². The number of thiophene rings is 1. The lowest BCUT2D eigenvalue weighted by Gasteiger charge is -2.12. The van der Waals surface area contributed by atoms with Gasteiger partial charge in [0, 0.05) is 17.1 Å². The van der Waals surface area contributed by atoms with Gasteiger partial charge in [-0.1, -0.05) is 11.8 Å². The van der Waals surface area contributed by atoms with Gasteiger partial charge in [-0.15, -0.1) is 11.3 Å². The van der Waals surface area contributed by atoms with Gasteiger partial charge in [0.05, 0.1) is 5.25 Å². The van der Waals surface area contributed by atoms with Crippen molar-refractivity contribution in [1.82, 2.24) is 9.97 Å². The van der Waals surface area contributed by atoms with E-state index < -0.39 is 16.9 Å². The van der Waals surface area contributed by atoms with E-state index in [1.807, 2.05) is 11.4 Å². The third-order valence-electron chi connectivity index (χ3n) is 3.07. The van der Waals surface area contributed by atoms with Crippen LogP contribution in [0.15, 0.2) is 41.0 Å². The van der Waals surface area contributed by atoms with Crippen molar-refractivity contribution in [3.63, 3.8) is 0 Å². The van der Waals surface area contributed by atoms with Crippen LogP contribution in [0.25, 0.3) is 10.2 Å². The Labute approximate surface area is 139 Å². The van der Waals surface area contributed by atoms with Crippen LogP contribution in [-0.2, 0) is 4.79 Å². The number of nitrogens with zero attached hydrogens (tertiary/aromatic N) is 2. The van der Waals surface area contributed by atoms with Crippen molar-refractivity contribution in [3.8, 4) is 0 Å².